The van der Waals surface area contributed by atoms with Crippen molar-refractivity contribution in [2.45, 2.75) is 13.3 Å². The predicted molar refractivity (Wildman–Crippen MR) is 63.3 cm³/mol. The number of fused-ring (bicyclic) bond motifs is 2. The molecule has 14 heavy (non-hydrogen) atoms. The molecule has 1 aromatic heterocycles. The minimum Gasteiger partial charge on any atom is -0.253 e. The molecule has 2 bridgehead atoms. The molecule has 4 rings (SSSR count). The maximum absolute atomic E-state index is 3.84. The van der Waals surface area contributed by atoms with Crippen LogP contribution < -0.4 is 0 Å². The van der Waals surface area contributed by atoms with Gasteiger partial charge in [-0.2, -0.15) is 0 Å². The first-order valence-electron chi connectivity index (χ1n) is 4.27. The molecule has 74 valence electrons. The Bertz CT molecular complexity index is 359. The molecule has 0 unspecified atom stereocenters. The van der Waals surface area contributed by atoms with E-state index in [4.69, 9.17) is 0 Å². The van der Waals surface area contributed by atoms with E-state index in [1.165, 1.54) is 22.4 Å². The first-order chi connectivity index (χ1) is 6.34. The van der Waals surface area contributed by atoms with Gasteiger partial charge in [0.1, 0.15) is 0 Å². The van der Waals surface area contributed by atoms with Crippen molar-refractivity contribution in [3.8, 4) is 0 Å². The van der Waals surface area contributed by atoms with Gasteiger partial charge in [-0.15, -0.1) is 23.7 Å². The van der Waals surface area contributed by atoms with E-state index in [0.717, 1.165) is 0 Å². The molecular weight excluding hydrogens is 214 g/mol. The van der Waals surface area contributed by atoms with E-state index < -0.39 is 0 Å². The van der Waals surface area contributed by atoms with Crippen molar-refractivity contribution in [3.05, 3.63) is 52.0 Å². The Balaban J connectivity index is 0.000000132. The third kappa shape index (κ3) is 2.82. The van der Waals surface area contributed by atoms with E-state index >= 15 is 0 Å². The molecule has 0 saturated heterocycles. The van der Waals surface area contributed by atoms with Gasteiger partial charge in [0.05, 0.1) is 5.51 Å². The van der Waals surface area contributed by atoms with E-state index in [9.17, 15) is 0 Å². The van der Waals surface area contributed by atoms with Crippen LogP contribution in [-0.4, -0.2) is 4.98 Å². The van der Waals surface area contributed by atoms with Crippen molar-refractivity contribution < 1.29 is 0 Å². The van der Waals surface area contributed by atoms with Crippen LogP contribution in [0.3, 0.4) is 0 Å². The minimum absolute atomic E-state index is 0. The Hall–Kier alpha value is -0.860. The Morgan fingerprint density at radius 2 is 1.93 bits per heavy atom. The van der Waals surface area contributed by atoms with E-state index in [1.54, 1.807) is 11.3 Å². The summed E-state index contributed by atoms with van der Waals surface area (Å²) in [6.07, 6.45) is 3.07. The number of rotatable bonds is 0. The highest BCUT2D eigenvalue weighted by molar-refractivity contribution is 7.09. The van der Waals surface area contributed by atoms with Gasteiger partial charge in [-0.1, -0.05) is 24.3 Å². The maximum atomic E-state index is 3.84. The fourth-order valence-electron chi connectivity index (χ4n) is 1.23. The Kier molecular flexibility index (Phi) is 4.11. The van der Waals surface area contributed by atoms with Crippen molar-refractivity contribution in [2.24, 2.45) is 0 Å². The molecule has 1 heterocycles. The molecule has 2 aromatic rings. The van der Waals surface area contributed by atoms with Gasteiger partial charge in [0.15, 0.2) is 0 Å². The zero-order valence-corrected chi connectivity index (χ0v) is 9.57. The Morgan fingerprint density at radius 1 is 1.29 bits per heavy atom. The molecule has 0 saturated carbocycles. The average molecular weight is 226 g/mol. The first kappa shape index (κ1) is 11.2. The number of hydrogen-bond acceptors (Lipinski definition) is 2. The summed E-state index contributed by atoms with van der Waals surface area (Å²) in [5, 5.41) is 0. The van der Waals surface area contributed by atoms with Crippen molar-refractivity contribution in [3.63, 3.8) is 0 Å². The fourth-order valence-corrected chi connectivity index (χ4v) is 1.64. The van der Waals surface area contributed by atoms with Crippen LogP contribution in [0.4, 0.5) is 0 Å². The minimum atomic E-state index is 0. The van der Waals surface area contributed by atoms with E-state index in [1.807, 2.05) is 18.6 Å². The molecule has 0 amide bonds. The second kappa shape index (κ2) is 5.13. The van der Waals surface area contributed by atoms with Gasteiger partial charge < -0.3 is 0 Å². The van der Waals surface area contributed by atoms with Crippen LogP contribution in [0.2, 0.25) is 0 Å². The molecule has 2 aliphatic carbocycles. The molecule has 0 fully saturated rings. The highest BCUT2D eigenvalue weighted by atomic mass is 35.5. The second-order valence-corrected chi connectivity index (χ2v) is 4.20. The largest absolute Gasteiger partial charge is 0.253 e. The van der Waals surface area contributed by atoms with Gasteiger partial charge in [-0.25, -0.2) is 0 Å². The lowest BCUT2D eigenvalue weighted by Crippen LogP contribution is -1.97. The summed E-state index contributed by atoms with van der Waals surface area (Å²) in [5.41, 5.74) is 4.80. The topological polar surface area (TPSA) is 12.9 Å². The van der Waals surface area contributed by atoms with Crippen LogP contribution in [-0.2, 0) is 6.42 Å². The maximum Gasteiger partial charge on any atom is 0.0794 e. The lowest BCUT2D eigenvalue weighted by atomic mass is 9.94. The van der Waals surface area contributed by atoms with Gasteiger partial charge in [0, 0.05) is 11.1 Å². The van der Waals surface area contributed by atoms with Gasteiger partial charge in [0.25, 0.3) is 0 Å². The molecule has 0 spiro atoms. The molecule has 1 aromatic carbocycles. The predicted octanol–water partition coefficient (Wildman–Crippen LogP) is 3.46. The van der Waals surface area contributed by atoms with Gasteiger partial charge in [-0.3, -0.25) is 4.98 Å². The van der Waals surface area contributed by atoms with E-state index in [2.05, 4.69) is 29.2 Å². The third-order valence-corrected chi connectivity index (χ3v) is 2.66. The lowest BCUT2D eigenvalue weighted by Gasteiger charge is -2.11. The van der Waals surface area contributed by atoms with Crippen molar-refractivity contribution >= 4 is 23.7 Å². The number of aromatic nitrogens is 1. The first-order valence-corrected chi connectivity index (χ1v) is 5.15. The second-order valence-electron chi connectivity index (χ2n) is 3.11. The zero-order valence-electron chi connectivity index (χ0n) is 7.93. The molecule has 0 atom stereocenters. The fraction of sp³-hybridized carbons (Fsp3) is 0.182. The Morgan fingerprint density at radius 3 is 2.07 bits per heavy atom. The number of nitrogens with zero attached hydrogens (tertiary/aromatic N) is 1. The summed E-state index contributed by atoms with van der Waals surface area (Å²) in [5.74, 6) is 0. The molecule has 0 aliphatic heterocycles. The van der Waals surface area contributed by atoms with Crippen LogP contribution in [0.15, 0.2) is 36.0 Å². The van der Waals surface area contributed by atoms with Crippen LogP contribution in [0.25, 0.3) is 0 Å². The van der Waals surface area contributed by atoms with Crippen LogP contribution in [0.1, 0.15) is 16.0 Å². The van der Waals surface area contributed by atoms with Crippen LogP contribution >= 0.6 is 23.7 Å². The number of hydrogen-bond donors (Lipinski definition) is 0. The van der Waals surface area contributed by atoms with Crippen LogP contribution in [0, 0.1) is 6.92 Å². The molecule has 0 N–H and O–H groups in total. The molecule has 2 aliphatic rings. The summed E-state index contributed by atoms with van der Waals surface area (Å²) >= 11 is 1.67. The highest BCUT2D eigenvalue weighted by Crippen LogP contribution is 2.18. The van der Waals surface area contributed by atoms with E-state index in [0.29, 0.717) is 0 Å². The van der Waals surface area contributed by atoms with Crippen molar-refractivity contribution in [2.75, 3.05) is 0 Å². The summed E-state index contributed by atoms with van der Waals surface area (Å²) in [7, 11) is 0. The number of benzene rings is 1. The van der Waals surface area contributed by atoms with Gasteiger partial charge in [-0.05, 0) is 24.5 Å². The van der Waals surface area contributed by atoms with E-state index in [-0.39, 0.29) is 12.4 Å². The SMILES string of the molecule is Cc1cncs1.Cl.c1cc2cc(c1)C2. The standard InChI is InChI=1S/C7H6.C4H5NS.ClH/c1-2-6-4-7(3-1)5-6;1-4-2-5-3-6-4;/h1-4H,5H2;2-3H,1H3;1H. The molecular formula is C11H12ClNS. The van der Waals surface area contributed by atoms with Crippen LogP contribution in [0.5, 0.6) is 0 Å². The molecule has 3 heteroatoms. The third-order valence-electron chi connectivity index (χ3n) is 1.96. The molecule has 0 radical (unpaired) electrons. The number of aryl methyl sites for hydroxylation is 1. The lowest BCUT2D eigenvalue weighted by molar-refractivity contribution is 1.09. The zero-order chi connectivity index (χ0) is 9.10. The summed E-state index contributed by atoms with van der Waals surface area (Å²) in [6, 6.07) is 8.65. The van der Waals surface area contributed by atoms with Gasteiger partial charge >= 0.3 is 0 Å². The number of halogens is 1. The van der Waals surface area contributed by atoms with Crippen molar-refractivity contribution in [1.82, 2.24) is 4.98 Å². The van der Waals surface area contributed by atoms with Gasteiger partial charge in [0.2, 0.25) is 0 Å². The quantitative estimate of drug-likeness (QED) is 0.571. The smallest absolute Gasteiger partial charge is 0.0794 e. The molecule has 1 nitrogen and oxygen atoms in total. The monoisotopic (exact) mass is 225 g/mol. The summed E-state index contributed by atoms with van der Waals surface area (Å²) in [6.45, 7) is 2.04. The van der Waals surface area contributed by atoms with Crippen molar-refractivity contribution in [1.29, 1.82) is 0 Å². The Labute approximate surface area is 94.2 Å². The number of thiazole rings is 1. The highest BCUT2D eigenvalue weighted by Gasteiger charge is 2.04. The summed E-state index contributed by atoms with van der Waals surface area (Å²) in [4.78, 5) is 5.11. The summed E-state index contributed by atoms with van der Waals surface area (Å²) < 4.78 is 0. The normalized spacial score (nSPS) is 10.4. The average Bonchev–Trinajstić information content (AvgIpc) is 2.57.